The minimum Gasteiger partial charge on any atom is -0.454 e. The molecule has 6 rings (SSSR count). The summed E-state index contributed by atoms with van der Waals surface area (Å²) < 4.78 is 10.8. The van der Waals surface area contributed by atoms with Crippen LogP contribution in [-0.4, -0.2) is 54.7 Å². The number of anilines is 1. The van der Waals surface area contributed by atoms with Crippen LogP contribution in [0.25, 0.3) is 0 Å². The number of hydrogen-bond donors (Lipinski definition) is 1. The van der Waals surface area contributed by atoms with Crippen LogP contribution >= 0.6 is 0 Å². The van der Waals surface area contributed by atoms with Gasteiger partial charge in [-0.15, -0.1) is 0 Å². The molecule has 2 atom stereocenters. The number of carbonyl (C=O) groups is 2. The van der Waals surface area contributed by atoms with Crippen molar-refractivity contribution in [2.24, 2.45) is 5.92 Å². The Morgan fingerprint density at radius 2 is 1.75 bits per heavy atom. The molecule has 8 heteroatoms. The molecule has 1 N–H and O–H groups in total. The fraction of sp³-hybridized carbons (Fsp3) is 0.321. The van der Waals surface area contributed by atoms with Crippen LogP contribution in [-0.2, 0) is 11.3 Å². The molecule has 3 heterocycles. The van der Waals surface area contributed by atoms with E-state index in [1.807, 2.05) is 41.3 Å². The van der Waals surface area contributed by atoms with Crippen molar-refractivity contribution >= 4 is 17.6 Å². The molecule has 2 aromatic carbocycles. The van der Waals surface area contributed by atoms with Gasteiger partial charge in [0.25, 0.3) is 5.91 Å². The number of benzene rings is 2. The van der Waals surface area contributed by atoms with E-state index >= 15 is 0 Å². The minimum absolute atomic E-state index is 0.0892. The number of nitrogens with zero attached hydrogens (tertiary/aromatic N) is 3. The van der Waals surface area contributed by atoms with Gasteiger partial charge in [0.15, 0.2) is 11.5 Å². The third-order valence-corrected chi connectivity index (χ3v) is 7.15. The summed E-state index contributed by atoms with van der Waals surface area (Å²) in [5, 5.41) is 2.99. The van der Waals surface area contributed by atoms with E-state index in [9.17, 15) is 9.59 Å². The molecule has 0 bridgehead atoms. The van der Waals surface area contributed by atoms with Gasteiger partial charge in [0, 0.05) is 44.8 Å². The summed E-state index contributed by atoms with van der Waals surface area (Å²) >= 11 is 0. The molecule has 1 saturated heterocycles. The first-order valence-electron chi connectivity index (χ1n) is 12.4. The van der Waals surface area contributed by atoms with Gasteiger partial charge in [-0.05, 0) is 47.7 Å². The molecular weight excluding hydrogens is 456 g/mol. The standard InChI is InChI=1S/C28H28N4O4/c33-27(30-17-19-8-9-24-25(15-19)36-18-35-24)21-7-4-10-29-26(21)31-11-13-32(14-12-31)28(34)23-16-22(23)20-5-2-1-3-6-20/h1-10,15,22-23H,11-14,16-18H2,(H,30,33)/t22-,23-/m0/s1. The number of hydrogen-bond acceptors (Lipinski definition) is 6. The molecular formula is C28H28N4O4. The van der Waals surface area contributed by atoms with E-state index in [4.69, 9.17) is 9.47 Å². The molecule has 1 aliphatic carbocycles. The second-order valence-electron chi connectivity index (χ2n) is 9.42. The predicted molar refractivity (Wildman–Crippen MR) is 134 cm³/mol. The van der Waals surface area contributed by atoms with Crippen LogP contribution in [0.1, 0.15) is 33.8 Å². The molecule has 2 amide bonds. The first-order valence-corrected chi connectivity index (χ1v) is 12.4. The van der Waals surface area contributed by atoms with E-state index in [0.29, 0.717) is 55.8 Å². The molecule has 0 unspecified atom stereocenters. The zero-order chi connectivity index (χ0) is 24.5. The summed E-state index contributed by atoms with van der Waals surface area (Å²) in [6.45, 7) is 3.15. The van der Waals surface area contributed by atoms with E-state index in [-0.39, 0.29) is 24.5 Å². The zero-order valence-corrected chi connectivity index (χ0v) is 19.9. The topological polar surface area (TPSA) is 84.0 Å². The lowest BCUT2D eigenvalue weighted by Crippen LogP contribution is -2.50. The zero-order valence-electron chi connectivity index (χ0n) is 19.9. The average molecular weight is 485 g/mol. The van der Waals surface area contributed by atoms with E-state index in [2.05, 4.69) is 27.3 Å². The molecule has 184 valence electrons. The number of nitrogens with one attached hydrogen (secondary N) is 1. The van der Waals surface area contributed by atoms with E-state index in [1.165, 1.54) is 5.56 Å². The van der Waals surface area contributed by atoms with Crippen molar-refractivity contribution < 1.29 is 19.1 Å². The van der Waals surface area contributed by atoms with Gasteiger partial charge in [0.1, 0.15) is 5.82 Å². The molecule has 1 saturated carbocycles. The second-order valence-corrected chi connectivity index (χ2v) is 9.42. The van der Waals surface area contributed by atoms with Gasteiger partial charge in [-0.2, -0.15) is 0 Å². The maximum absolute atomic E-state index is 13.1. The van der Waals surface area contributed by atoms with Crippen molar-refractivity contribution in [3.63, 3.8) is 0 Å². The number of aromatic nitrogens is 1. The maximum atomic E-state index is 13.1. The first kappa shape index (κ1) is 22.4. The second kappa shape index (κ2) is 9.53. The molecule has 2 fully saturated rings. The Hall–Kier alpha value is -4.07. The molecule has 3 aromatic rings. The summed E-state index contributed by atoms with van der Waals surface area (Å²) in [6.07, 6.45) is 2.63. The van der Waals surface area contributed by atoms with E-state index in [1.54, 1.807) is 18.3 Å². The number of rotatable bonds is 6. The lowest BCUT2D eigenvalue weighted by Gasteiger charge is -2.36. The van der Waals surface area contributed by atoms with E-state index in [0.717, 1.165) is 17.7 Å². The third-order valence-electron chi connectivity index (χ3n) is 7.15. The fourth-order valence-electron chi connectivity index (χ4n) is 5.06. The van der Waals surface area contributed by atoms with Gasteiger partial charge in [-0.3, -0.25) is 9.59 Å². The molecule has 0 radical (unpaired) electrons. The van der Waals surface area contributed by atoms with Crippen LogP contribution in [0.15, 0.2) is 66.9 Å². The number of carbonyl (C=O) groups excluding carboxylic acids is 2. The monoisotopic (exact) mass is 484 g/mol. The van der Waals surface area contributed by atoms with Crippen molar-refractivity contribution in [2.45, 2.75) is 18.9 Å². The number of fused-ring (bicyclic) bond motifs is 1. The Morgan fingerprint density at radius 1 is 0.944 bits per heavy atom. The Morgan fingerprint density at radius 3 is 2.58 bits per heavy atom. The SMILES string of the molecule is O=C(NCc1ccc2c(c1)OCO2)c1cccnc1N1CCN(C(=O)[C@H]2C[C@H]2c2ccccc2)CC1. The van der Waals surface area contributed by atoms with Crippen LogP contribution in [0.3, 0.4) is 0 Å². The van der Waals surface area contributed by atoms with Crippen LogP contribution in [0, 0.1) is 5.92 Å². The summed E-state index contributed by atoms with van der Waals surface area (Å²) in [7, 11) is 0. The predicted octanol–water partition coefficient (Wildman–Crippen LogP) is 3.19. The first-order chi connectivity index (χ1) is 17.7. The Kier molecular flexibility index (Phi) is 5.93. The Labute approximate surface area is 209 Å². The number of amides is 2. The van der Waals surface area contributed by atoms with Crippen LogP contribution < -0.4 is 19.7 Å². The van der Waals surface area contributed by atoms with E-state index < -0.39 is 0 Å². The lowest BCUT2D eigenvalue weighted by atomic mass is 10.1. The highest BCUT2D eigenvalue weighted by Gasteiger charge is 2.46. The number of piperazine rings is 1. The van der Waals surface area contributed by atoms with Gasteiger partial charge in [0.05, 0.1) is 5.56 Å². The smallest absolute Gasteiger partial charge is 0.255 e. The van der Waals surface area contributed by atoms with Crippen molar-refractivity contribution in [1.29, 1.82) is 0 Å². The largest absolute Gasteiger partial charge is 0.454 e. The molecule has 3 aliphatic rings. The Bertz CT molecular complexity index is 1270. The molecule has 8 nitrogen and oxygen atoms in total. The number of pyridine rings is 1. The molecule has 0 spiro atoms. The van der Waals surface area contributed by atoms with Crippen LogP contribution in [0.2, 0.25) is 0 Å². The van der Waals surface area contributed by atoms with Crippen LogP contribution in [0.5, 0.6) is 11.5 Å². The minimum atomic E-state index is -0.182. The highest BCUT2D eigenvalue weighted by atomic mass is 16.7. The highest BCUT2D eigenvalue weighted by molar-refractivity contribution is 5.99. The molecule has 2 aliphatic heterocycles. The van der Waals surface area contributed by atoms with Gasteiger partial charge < -0.3 is 24.6 Å². The lowest BCUT2D eigenvalue weighted by molar-refractivity contribution is -0.133. The third kappa shape index (κ3) is 4.46. The summed E-state index contributed by atoms with van der Waals surface area (Å²) in [5.41, 5.74) is 2.71. The number of ether oxygens (including phenoxy) is 2. The van der Waals surface area contributed by atoms with Gasteiger partial charge >= 0.3 is 0 Å². The van der Waals surface area contributed by atoms with Gasteiger partial charge in [0.2, 0.25) is 12.7 Å². The van der Waals surface area contributed by atoms with Gasteiger partial charge in [-0.1, -0.05) is 36.4 Å². The quantitative estimate of drug-likeness (QED) is 0.579. The highest BCUT2D eigenvalue weighted by Crippen LogP contribution is 2.48. The van der Waals surface area contributed by atoms with Crippen molar-refractivity contribution in [1.82, 2.24) is 15.2 Å². The van der Waals surface area contributed by atoms with Crippen molar-refractivity contribution in [2.75, 3.05) is 37.9 Å². The summed E-state index contributed by atoms with van der Waals surface area (Å²) in [4.78, 5) is 34.7. The summed E-state index contributed by atoms with van der Waals surface area (Å²) in [6, 6.07) is 19.5. The fourth-order valence-corrected chi connectivity index (χ4v) is 5.06. The van der Waals surface area contributed by atoms with Gasteiger partial charge in [-0.25, -0.2) is 4.98 Å². The van der Waals surface area contributed by atoms with Crippen molar-refractivity contribution in [3.8, 4) is 11.5 Å². The molecule has 36 heavy (non-hydrogen) atoms. The maximum Gasteiger partial charge on any atom is 0.255 e. The van der Waals surface area contributed by atoms with Crippen LogP contribution in [0.4, 0.5) is 5.82 Å². The normalized spacial score (nSPS) is 20.2. The summed E-state index contributed by atoms with van der Waals surface area (Å²) in [5.74, 6) is 2.55. The van der Waals surface area contributed by atoms with Crippen molar-refractivity contribution in [3.05, 3.63) is 83.6 Å². The Balaban J connectivity index is 1.06. The molecule has 1 aromatic heterocycles. The average Bonchev–Trinajstić information content (AvgIpc) is 3.61.